The van der Waals surface area contributed by atoms with Crippen LogP contribution in [0.2, 0.25) is 0 Å². The van der Waals surface area contributed by atoms with Crippen molar-refractivity contribution in [3.05, 3.63) is 98.4 Å². The lowest BCUT2D eigenvalue weighted by atomic mass is 10.1. The Morgan fingerprint density at radius 1 is 1.08 bits per heavy atom. The second-order valence-corrected chi connectivity index (χ2v) is 11.8. The number of amides is 3. The number of fused-ring (bicyclic) bond motifs is 1. The van der Waals surface area contributed by atoms with Gasteiger partial charge in [-0.25, -0.2) is 14.2 Å². The van der Waals surface area contributed by atoms with Gasteiger partial charge in [-0.3, -0.25) is 29.8 Å². The molecular formula is C28H20F4N6O8S2. The Kier molecular flexibility index (Phi) is 10.0. The van der Waals surface area contributed by atoms with Crippen LogP contribution in [0.25, 0.3) is 0 Å². The SMILES string of the molecule is O=C(NC1C(=O)N2C=C(C(=O)OCc3ccc([N+](=O)[O-])cc3)CS[C@H]12)C(=NOCc1ccc(F)cc1)c1csc(NC(=O)C(F)(F)F)n1. The van der Waals surface area contributed by atoms with E-state index in [1.807, 2.05) is 0 Å². The van der Waals surface area contributed by atoms with Gasteiger partial charge in [0.25, 0.3) is 17.5 Å². The minimum atomic E-state index is -5.19. The number of ether oxygens (including phenoxy) is 1. The normalized spacial score (nSPS) is 17.4. The molecule has 14 nitrogen and oxygen atoms in total. The van der Waals surface area contributed by atoms with E-state index < -0.39 is 62.9 Å². The van der Waals surface area contributed by atoms with Gasteiger partial charge < -0.3 is 19.8 Å². The summed E-state index contributed by atoms with van der Waals surface area (Å²) in [5.41, 5.74) is 0.207. The van der Waals surface area contributed by atoms with Crippen molar-refractivity contribution in [1.82, 2.24) is 15.2 Å². The Balaban J connectivity index is 1.24. The fourth-order valence-electron chi connectivity index (χ4n) is 4.15. The van der Waals surface area contributed by atoms with Crippen LogP contribution < -0.4 is 10.6 Å². The maximum Gasteiger partial charge on any atom is 0.471 e. The van der Waals surface area contributed by atoms with Crippen LogP contribution in [0, 0.1) is 15.9 Å². The summed E-state index contributed by atoms with van der Waals surface area (Å²) in [5, 5.41) is 18.7. The minimum Gasteiger partial charge on any atom is -0.457 e. The number of oxime groups is 1. The molecule has 0 bridgehead atoms. The summed E-state index contributed by atoms with van der Waals surface area (Å²) in [6.45, 7) is -0.403. The van der Waals surface area contributed by atoms with E-state index in [9.17, 15) is 46.9 Å². The van der Waals surface area contributed by atoms with Gasteiger partial charge in [-0.15, -0.1) is 23.1 Å². The van der Waals surface area contributed by atoms with E-state index in [0.29, 0.717) is 22.5 Å². The van der Waals surface area contributed by atoms with Crippen LogP contribution in [0.1, 0.15) is 16.8 Å². The molecule has 1 saturated heterocycles. The van der Waals surface area contributed by atoms with Crippen LogP contribution in [0.5, 0.6) is 0 Å². The number of thiazole rings is 1. The molecule has 20 heteroatoms. The maximum atomic E-state index is 13.3. The van der Waals surface area contributed by atoms with Crippen molar-refractivity contribution in [3.63, 3.8) is 0 Å². The first-order valence-corrected chi connectivity index (χ1v) is 15.4. The number of hydrogen-bond acceptors (Lipinski definition) is 12. The summed E-state index contributed by atoms with van der Waals surface area (Å²) in [6.07, 6.45) is -3.90. The molecule has 48 heavy (non-hydrogen) atoms. The Hall–Kier alpha value is -5.37. The van der Waals surface area contributed by atoms with Gasteiger partial charge in [0.05, 0.1) is 10.5 Å². The zero-order chi connectivity index (χ0) is 34.6. The van der Waals surface area contributed by atoms with Crippen molar-refractivity contribution in [2.45, 2.75) is 30.8 Å². The van der Waals surface area contributed by atoms with Crippen LogP contribution >= 0.6 is 23.1 Å². The van der Waals surface area contributed by atoms with Crippen molar-refractivity contribution in [1.29, 1.82) is 0 Å². The molecule has 250 valence electrons. The van der Waals surface area contributed by atoms with Gasteiger partial charge >= 0.3 is 18.1 Å². The number of hydrogen-bond donors (Lipinski definition) is 2. The highest BCUT2D eigenvalue weighted by molar-refractivity contribution is 8.00. The second kappa shape index (κ2) is 14.2. The summed E-state index contributed by atoms with van der Waals surface area (Å²) in [6, 6.07) is 9.44. The number of nitrogens with one attached hydrogen (secondary N) is 2. The van der Waals surface area contributed by atoms with Gasteiger partial charge in [0.15, 0.2) is 10.8 Å². The Morgan fingerprint density at radius 3 is 2.42 bits per heavy atom. The average Bonchev–Trinajstić information content (AvgIpc) is 3.52. The highest BCUT2D eigenvalue weighted by Gasteiger charge is 2.50. The topological polar surface area (TPSA) is 182 Å². The highest BCUT2D eigenvalue weighted by atomic mass is 32.2. The number of esters is 1. The molecule has 3 aromatic rings. The zero-order valence-corrected chi connectivity index (χ0v) is 25.6. The zero-order valence-electron chi connectivity index (χ0n) is 23.9. The fourth-order valence-corrected chi connectivity index (χ4v) is 6.09. The van der Waals surface area contributed by atoms with Crippen LogP contribution in [0.4, 0.5) is 28.4 Å². The lowest BCUT2D eigenvalue weighted by Crippen LogP contribution is -2.69. The number of alkyl halides is 3. The molecule has 1 aromatic heterocycles. The summed E-state index contributed by atoms with van der Waals surface area (Å²) in [4.78, 5) is 70.7. The van der Waals surface area contributed by atoms with Gasteiger partial charge in [0, 0.05) is 29.5 Å². The number of non-ortho nitro benzene ring substituents is 1. The average molecular weight is 709 g/mol. The van der Waals surface area contributed by atoms with Crippen molar-refractivity contribution in [2.75, 3.05) is 11.1 Å². The van der Waals surface area contributed by atoms with E-state index in [1.54, 1.807) is 5.32 Å². The summed E-state index contributed by atoms with van der Waals surface area (Å²) in [7, 11) is 0. The minimum absolute atomic E-state index is 0.107. The number of nitrogens with zero attached hydrogens (tertiary/aromatic N) is 4. The summed E-state index contributed by atoms with van der Waals surface area (Å²) >= 11 is 1.72. The van der Waals surface area contributed by atoms with Crippen LogP contribution in [0.15, 0.2) is 70.8 Å². The van der Waals surface area contributed by atoms with E-state index in [-0.39, 0.29) is 35.9 Å². The largest absolute Gasteiger partial charge is 0.471 e. The van der Waals surface area contributed by atoms with E-state index in [1.165, 1.54) is 59.6 Å². The molecule has 2 N–H and O–H groups in total. The number of carbonyl (C=O) groups excluding carboxylic acids is 4. The van der Waals surface area contributed by atoms with Crippen LogP contribution in [-0.2, 0) is 42.0 Å². The third-order valence-electron chi connectivity index (χ3n) is 6.59. The van der Waals surface area contributed by atoms with Crippen molar-refractivity contribution < 1.29 is 51.2 Å². The van der Waals surface area contributed by atoms with Crippen LogP contribution in [0.3, 0.4) is 0 Å². The number of anilines is 1. The van der Waals surface area contributed by atoms with Gasteiger partial charge in [0.2, 0.25) is 0 Å². The Bertz CT molecular complexity index is 1820. The molecule has 2 aliphatic rings. The number of rotatable bonds is 11. The fraction of sp³-hybridized carbons (Fsp3) is 0.214. The summed E-state index contributed by atoms with van der Waals surface area (Å²) in [5.74, 6) is -4.97. The molecule has 3 amide bonds. The molecule has 0 saturated carbocycles. The Labute approximate surface area is 274 Å². The van der Waals surface area contributed by atoms with Crippen molar-refractivity contribution in [3.8, 4) is 0 Å². The highest BCUT2D eigenvalue weighted by Crippen LogP contribution is 2.36. The van der Waals surface area contributed by atoms with Crippen molar-refractivity contribution in [2.24, 2.45) is 5.16 Å². The Morgan fingerprint density at radius 2 is 1.75 bits per heavy atom. The molecule has 5 rings (SSSR count). The molecule has 2 atom stereocenters. The molecule has 2 aromatic carbocycles. The third kappa shape index (κ3) is 7.94. The molecule has 0 aliphatic carbocycles. The molecule has 0 radical (unpaired) electrons. The van der Waals surface area contributed by atoms with Gasteiger partial charge in [-0.05, 0) is 35.4 Å². The number of β-lactam (4-membered cyclic amide) rings is 1. The standard InChI is InChI=1S/C28H20F4N6O8S2/c29-17-5-1-15(2-6-17)11-46-36-20(19-13-48-27(33-19)35-26(42)28(30,31)32)22(39)34-21-23(40)37-9-16(12-47-24(21)37)25(41)45-10-14-3-7-18(8-4-14)38(43)44/h1-9,13,21,24H,10-12H2,(H,34,39)(H,33,35,42)/t21?,24-/m1/s1. The van der Waals surface area contributed by atoms with Crippen molar-refractivity contribution >= 4 is 63.3 Å². The summed E-state index contributed by atoms with van der Waals surface area (Å²) < 4.78 is 56.6. The first-order chi connectivity index (χ1) is 22.8. The first-order valence-electron chi connectivity index (χ1n) is 13.4. The number of benzene rings is 2. The predicted octanol–water partition coefficient (Wildman–Crippen LogP) is 3.64. The van der Waals surface area contributed by atoms with E-state index in [4.69, 9.17) is 9.57 Å². The third-order valence-corrected chi connectivity index (χ3v) is 8.67. The number of aromatic nitrogens is 1. The number of thioether (sulfide) groups is 1. The van der Waals surface area contributed by atoms with E-state index in [2.05, 4.69) is 15.5 Å². The second-order valence-electron chi connectivity index (χ2n) is 9.88. The number of nitro groups is 1. The maximum absolute atomic E-state index is 13.3. The van der Waals surface area contributed by atoms with Gasteiger partial charge in [-0.1, -0.05) is 17.3 Å². The first kappa shape index (κ1) is 34.0. The monoisotopic (exact) mass is 708 g/mol. The molecule has 1 fully saturated rings. The smallest absolute Gasteiger partial charge is 0.457 e. The van der Waals surface area contributed by atoms with E-state index in [0.717, 1.165) is 17.1 Å². The van der Waals surface area contributed by atoms with Gasteiger partial charge in [0.1, 0.15) is 36.1 Å². The van der Waals surface area contributed by atoms with E-state index >= 15 is 0 Å². The quantitative estimate of drug-likeness (QED) is 0.0745. The van der Waals surface area contributed by atoms with Crippen LogP contribution in [-0.4, -0.2) is 67.6 Å². The molecular weight excluding hydrogens is 688 g/mol. The molecule has 2 aliphatic heterocycles. The number of nitro benzene ring substituents is 1. The molecule has 3 heterocycles. The number of halogens is 4. The lowest BCUT2D eigenvalue weighted by molar-refractivity contribution is -0.384. The van der Waals surface area contributed by atoms with Gasteiger partial charge in [-0.2, -0.15) is 13.2 Å². The lowest BCUT2D eigenvalue weighted by Gasteiger charge is -2.47. The molecule has 1 unspecified atom stereocenters. The number of carbonyl (C=O) groups is 4. The molecule has 0 spiro atoms. The predicted molar refractivity (Wildman–Crippen MR) is 161 cm³/mol.